The minimum absolute atomic E-state index is 0.244. The fourth-order valence-electron chi connectivity index (χ4n) is 3.26. The topological polar surface area (TPSA) is 43.2 Å². The Balaban J connectivity index is 1.77. The lowest BCUT2D eigenvalue weighted by molar-refractivity contribution is 0.149. The van der Waals surface area contributed by atoms with E-state index in [0.29, 0.717) is 25.6 Å². The summed E-state index contributed by atoms with van der Waals surface area (Å²) in [6.07, 6.45) is 3.99. The third-order valence-electron chi connectivity index (χ3n) is 4.77. The molecule has 0 amide bonds. The van der Waals surface area contributed by atoms with Crippen LogP contribution in [-0.2, 0) is 17.6 Å². The van der Waals surface area contributed by atoms with Crippen LogP contribution in [0.2, 0.25) is 0 Å². The van der Waals surface area contributed by atoms with Gasteiger partial charge in [-0.25, -0.2) is 14.1 Å². The molecule has 1 aliphatic rings. The highest BCUT2D eigenvalue weighted by Gasteiger charge is 2.20. The highest BCUT2D eigenvalue weighted by atomic mass is 19.1. The summed E-state index contributed by atoms with van der Waals surface area (Å²) in [4.78, 5) is 7.13. The summed E-state index contributed by atoms with van der Waals surface area (Å²) in [6, 6.07) is 6.40. The Labute approximate surface area is 148 Å². The van der Waals surface area contributed by atoms with Crippen molar-refractivity contribution in [2.75, 3.05) is 33.4 Å². The number of aromatic nitrogens is 3. The van der Waals surface area contributed by atoms with E-state index in [0.717, 1.165) is 36.8 Å². The smallest absolute Gasteiger partial charge is 0.151 e. The van der Waals surface area contributed by atoms with Gasteiger partial charge in [0.25, 0.3) is 0 Å². The number of ether oxygens (including phenoxy) is 1. The van der Waals surface area contributed by atoms with Crippen molar-refractivity contribution in [1.82, 2.24) is 19.7 Å². The summed E-state index contributed by atoms with van der Waals surface area (Å²) in [5.74, 6) is 2.15. The van der Waals surface area contributed by atoms with Crippen molar-refractivity contribution < 1.29 is 9.13 Å². The lowest BCUT2D eigenvalue weighted by Crippen LogP contribution is -2.31. The van der Waals surface area contributed by atoms with Gasteiger partial charge in [-0.05, 0) is 70.1 Å². The first-order chi connectivity index (χ1) is 12.2. The van der Waals surface area contributed by atoms with Crippen LogP contribution >= 0.6 is 0 Å². The first-order valence-corrected chi connectivity index (χ1v) is 9.12. The molecule has 25 heavy (non-hydrogen) atoms. The van der Waals surface area contributed by atoms with Crippen LogP contribution in [0.25, 0.3) is 5.69 Å². The molecule has 0 radical (unpaired) electrons. The standard InChI is InChI=1S/C19H27FN4O/c1-3-25-13-10-19-21-18(14-15-8-11-23(2)12-9-15)22-24(19)17-6-4-16(20)5-7-17/h4-7,15H,3,8-14H2,1-2H3. The molecular formula is C19H27FN4O. The number of likely N-dealkylation sites (tertiary alicyclic amines) is 1. The minimum atomic E-state index is -0.244. The van der Waals surface area contributed by atoms with E-state index in [1.54, 1.807) is 12.1 Å². The number of benzene rings is 1. The van der Waals surface area contributed by atoms with Gasteiger partial charge in [-0.1, -0.05) is 0 Å². The Morgan fingerprint density at radius 3 is 2.60 bits per heavy atom. The summed E-state index contributed by atoms with van der Waals surface area (Å²) >= 11 is 0. The number of piperidine rings is 1. The summed E-state index contributed by atoms with van der Waals surface area (Å²) in [6.45, 7) is 5.56. The van der Waals surface area contributed by atoms with Gasteiger partial charge in [-0.2, -0.15) is 5.10 Å². The van der Waals surface area contributed by atoms with Crippen LogP contribution in [0.1, 0.15) is 31.4 Å². The number of hydrogen-bond acceptors (Lipinski definition) is 4. The van der Waals surface area contributed by atoms with Crippen molar-refractivity contribution in [3.05, 3.63) is 41.7 Å². The quantitative estimate of drug-likeness (QED) is 0.723. The van der Waals surface area contributed by atoms with E-state index in [2.05, 4.69) is 11.9 Å². The molecule has 1 aromatic heterocycles. The van der Waals surface area contributed by atoms with Crippen molar-refractivity contribution in [2.45, 2.75) is 32.6 Å². The van der Waals surface area contributed by atoms with Crippen molar-refractivity contribution in [1.29, 1.82) is 0 Å². The zero-order chi connectivity index (χ0) is 17.6. The first kappa shape index (κ1) is 18.0. The molecule has 2 aromatic rings. The zero-order valence-corrected chi connectivity index (χ0v) is 15.1. The van der Waals surface area contributed by atoms with Crippen LogP contribution < -0.4 is 0 Å². The second kappa shape index (κ2) is 8.54. The predicted octanol–water partition coefficient (Wildman–Crippen LogP) is 2.87. The number of halogens is 1. The van der Waals surface area contributed by atoms with Gasteiger partial charge in [-0.3, -0.25) is 0 Å². The Kier molecular flexibility index (Phi) is 6.15. The highest BCUT2D eigenvalue weighted by molar-refractivity contribution is 5.32. The number of nitrogens with zero attached hydrogens (tertiary/aromatic N) is 4. The molecule has 1 aliphatic heterocycles. The molecule has 0 aliphatic carbocycles. The maximum absolute atomic E-state index is 13.2. The molecule has 3 rings (SSSR count). The van der Waals surface area contributed by atoms with Gasteiger partial charge in [0.15, 0.2) is 5.82 Å². The van der Waals surface area contributed by atoms with Crippen molar-refractivity contribution >= 4 is 0 Å². The van der Waals surface area contributed by atoms with Gasteiger partial charge in [-0.15, -0.1) is 0 Å². The summed E-state index contributed by atoms with van der Waals surface area (Å²) in [7, 11) is 2.17. The summed E-state index contributed by atoms with van der Waals surface area (Å²) in [5, 5.41) is 4.72. The second-order valence-corrected chi connectivity index (χ2v) is 6.73. The molecule has 1 aromatic carbocycles. The fourth-order valence-corrected chi connectivity index (χ4v) is 3.26. The van der Waals surface area contributed by atoms with Crippen molar-refractivity contribution in [3.63, 3.8) is 0 Å². The molecule has 1 saturated heterocycles. The van der Waals surface area contributed by atoms with Gasteiger partial charge in [0.1, 0.15) is 11.6 Å². The molecule has 2 heterocycles. The second-order valence-electron chi connectivity index (χ2n) is 6.73. The number of rotatable bonds is 7. The average molecular weight is 346 g/mol. The monoisotopic (exact) mass is 346 g/mol. The third-order valence-corrected chi connectivity index (χ3v) is 4.77. The zero-order valence-electron chi connectivity index (χ0n) is 15.1. The van der Waals surface area contributed by atoms with E-state index in [1.165, 1.54) is 25.0 Å². The van der Waals surface area contributed by atoms with Crippen LogP contribution in [0.5, 0.6) is 0 Å². The molecule has 0 spiro atoms. The van der Waals surface area contributed by atoms with Gasteiger partial charge >= 0.3 is 0 Å². The van der Waals surface area contributed by atoms with Crippen LogP contribution in [0.3, 0.4) is 0 Å². The van der Waals surface area contributed by atoms with Gasteiger partial charge in [0.05, 0.1) is 12.3 Å². The van der Waals surface area contributed by atoms with Crippen LogP contribution in [0, 0.1) is 11.7 Å². The molecule has 5 nitrogen and oxygen atoms in total. The molecule has 0 saturated carbocycles. The SMILES string of the molecule is CCOCCc1nc(CC2CCN(C)CC2)nn1-c1ccc(F)cc1. The molecule has 0 atom stereocenters. The Hall–Kier alpha value is -1.79. The summed E-state index contributed by atoms with van der Waals surface area (Å²) in [5.41, 5.74) is 0.843. The van der Waals surface area contributed by atoms with Crippen LogP contribution in [-0.4, -0.2) is 53.0 Å². The first-order valence-electron chi connectivity index (χ1n) is 9.12. The largest absolute Gasteiger partial charge is 0.381 e. The fraction of sp³-hybridized carbons (Fsp3) is 0.579. The van der Waals surface area contributed by atoms with Gasteiger partial charge in [0.2, 0.25) is 0 Å². The lowest BCUT2D eigenvalue weighted by Gasteiger charge is -2.28. The number of hydrogen-bond donors (Lipinski definition) is 0. The lowest BCUT2D eigenvalue weighted by atomic mass is 9.94. The van der Waals surface area contributed by atoms with Crippen molar-refractivity contribution in [2.24, 2.45) is 5.92 Å². The van der Waals surface area contributed by atoms with Gasteiger partial charge < -0.3 is 9.64 Å². The Morgan fingerprint density at radius 1 is 1.20 bits per heavy atom. The average Bonchev–Trinajstić information content (AvgIpc) is 3.00. The van der Waals surface area contributed by atoms with Crippen molar-refractivity contribution in [3.8, 4) is 5.69 Å². The molecule has 1 fully saturated rings. The van der Waals surface area contributed by atoms with Gasteiger partial charge in [0, 0.05) is 19.4 Å². The Morgan fingerprint density at radius 2 is 1.92 bits per heavy atom. The van der Waals surface area contributed by atoms with Crippen LogP contribution in [0.4, 0.5) is 4.39 Å². The van der Waals surface area contributed by atoms with E-state index >= 15 is 0 Å². The highest BCUT2D eigenvalue weighted by Crippen LogP contribution is 2.21. The normalized spacial score (nSPS) is 16.4. The molecule has 136 valence electrons. The van der Waals surface area contributed by atoms with E-state index < -0.39 is 0 Å². The molecule has 0 bridgehead atoms. The van der Waals surface area contributed by atoms with E-state index in [9.17, 15) is 4.39 Å². The molecule has 0 unspecified atom stereocenters. The predicted molar refractivity (Wildman–Crippen MR) is 95.4 cm³/mol. The maximum atomic E-state index is 13.2. The van der Waals surface area contributed by atoms with E-state index in [1.807, 2.05) is 11.6 Å². The van der Waals surface area contributed by atoms with Crippen LogP contribution in [0.15, 0.2) is 24.3 Å². The molecular weight excluding hydrogens is 319 g/mol. The van der Waals surface area contributed by atoms with E-state index in [-0.39, 0.29) is 5.82 Å². The molecule has 6 heteroatoms. The third kappa shape index (κ3) is 4.86. The maximum Gasteiger partial charge on any atom is 0.151 e. The van der Waals surface area contributed by atoms with E-state index in [4.69, 9.17) is 14.8 Å². The molecule has 0 N–H and O–H groups in total. The Bertz CT molecular complexity index is 663. The summed E-state index contributed by atoms with van der Waals surface area (Å²) < 4.78 is 20.5. The minimum Gasteiger partial charge on any atom is -0.381 e.